The van der Waals surface area contributed by atoms with Gasteiger partial charge in [0.25, 0.3) is 0 Å². The van der Waals surface area contributed by atoms with E-state index in [-0.39, 0.29) is 0 Å². The van der Waals surface area contributed by atoms with Gasteiger partial charge in [-0.3, -0.25) is 0 Å². The number of rotatable bonds is 2. The van der Waals surface area contributed by atoms with Crippen molar-refractivity contribution in [3.8, 4) is 5.75 Å². The third-order valence-electron chi connectivity index (χ3n) is 2.65. The summed E-state index contributed by atoms with van der Waals surface area (Å²) in [5.74, 6) is 0.763. The van der Waals surface area contributed by atoms with Crippen LogP contribution in [-0.4, -0.2) is 22.1 Å². The molecule has 1 aliphatic rings. The van der Waals surface area contributed by atoms with Crippen molar-refractivity contribution in [2.24, 2.45) is 0 Å². The fraction of sp³-hybridized carbons (Fsp3) is 0.400. The molecule has 0 radical (unpaired) electrons. The third-order valence-corrected chi connectivity index (χ3v) is 3.27. The molecule has 2 aromatic rings. The van der Waals surface area contributed by atoms with Gasteiger partial charge in [0.05, 0.1) is 23.1 Å². The lowest BCUT2D eigenvalue weighted by Gasteiger charge is -2.03. The SMILES string of the molecule is COc1c(Br)ccc2c1nnn2C1CC1. The maximum absolute atomic E-state index is 5.31. The number of halogens is 1. The number of ether oxygens (including phenoxy) is 1. The molecule has 0 bridgehead atoms. The molecule has 1 aliphatic carbocycles. The van der Waals surface area contributed by atoms with Crippen molar-refractivity contribution in [3.63, 3.8) is 0 Å². The van der Waals surface area contributed by atoms with E-state index < -0.39 is 0 Å². The molecule has 15 heavy (non-hydrogen) atoms. The summed E-state index contributed by atoms with van der Waals surface area (Å²) in [5.41, 5.74) is 1.89. The first-order chi connectivity index (χ1) is 7.31. The second-order valence-electron chi connectivity index (χ2n) is 3.71. The second kappa shape index (κ2) is 3.20. The van der Waals surface area contributed by atoms with E-state index in [4.69, 9.17) is 4.74 Å². The van der Waals surface area contributed by atoms with Gasteiger partial charge in [-0.25, -0.2) is 4.68 Å². The lowest BCUT2D eigenvalue weighted by atomic mass is 10.3. The van der Waals surface area contributed by atoms with E-state index in [1.165, 1.54) is 12.8 Å². The first-order valence-electron chi connectivity index (χ1n) is 4.88. The molecule has 0 amide bonds. The fourth-order valence-corrected chi connectivity index (χ4v) is 2.22. The second-order valence-corrected chi connectivity index (χ2v) is 4.57. The van der Waals surface area contributed by atoms with Crippen LogP contribution in [0.4, 0.5) is 0 Å². The molecule has 1 heterocycles. The van der Waals surface area contributed by atoms with Crippen molar-refractivity contribution in [1.82, 2.24) is 15.0 Å². The van der Waals surface area contributed by atoms with Crippen LogP contribution in [0.15, 0.2) is 16.6 Å². The van der Waals surface area contributed by atoms with Gasteiger partial charge in [-0.15, -0.1) is 5.10 Å². The number of hydrogen-bond donors (Lipinski definition) is 0. The Morgan fingerprint density at radius 3 is 2.93 bits per heavy atom. The van der Waals surface area contributed by atoms with Crippen molar-refractivity contribution in [2.45, 2.75) is 18.9 Å². The summed E-state index contributed by atoms with van der Waals surface area (Å²) < 4.78 is 8.22. The van der Waals surface area contributed by atoms with Gasteiger partial charge in [0, 0.05) is 0 Å². The standard InChI is InChI=1S/C10H10BrN3O/c1-15-10-7(11)4-5-8-9(10)12-13-14(8)6-2-3-6/h4-6H,2-3H2,1H3. The maximum Gasteiger partial charge on any atom is 0.162 e. The van der Waals surface area contributed by atoms with E-state index in [0.717, 1.165) is 21.3 Å². The van der Waals surface area contributed by atoms with E-state index in [9.17, 15) is 0 Å². The summed E-state index contributed by atoms with van der Waals surface area (Å²) in [6, 6.07) is 4.55. The Balaban J connectivity index is 2.27. The van der Waals surface area contributed by atoms with Gasteiger partial charge in [0.2, 0.25) is 0 Å². The fourth-order valence-electron chi connectivity index (χ4n) is 1.74. The van der Waals surface area contributed by atoms with Crippen LogP contribution in [0.1, 0.15) is 18.9 Å². The van der Waals surface area contributed by atoms with E-state index >= 15 is 0 Å². The van der Waals surface area contributed by atoms with Gasteiger partial charge in [0.15, 0.2) is 11.3 Å². The highest BCUT2D eigenvalue weighted by Gasteiger charge is 2.27. The Labute approximate surface area is 95.3 Å². The molecule has 1 saturated carbocycles. The zero-order valence-corrected chi connectivity index (χ0v) is 9.86. The van der Waals surface area contributed by atoms with Crippen molar-refractivity contribution in [1.29, 1.82) is 0 Å². The Morgan fingerprint density at radius 1 is 1.47 bits per heavy atom. The van der Waals surface area contributed by atoms with Crippen LogP contribution in [0.3, 0.4) is 0 Å². The number of nitrogens with zero attached hydrogens (tertiary/aromatic N) is 3. The lowest BCUT2D eigenvalue weighted by molar-refractivity contribution is 0.416. The van der Waals surface area contributed by atoms with Crippen molar-refractivity contribution in [2.75, 3.05) is 7.11 Å². The predicted octanol–water partition coefficient (Wildman–Crippen LogP) is 2.54. The number of fused-ring (bicyclic) bond motifs is 1. The minimum atomic E-state index is 0.542. The Kier molecular flexibility index (Phi) is 1.95. The summed E-state index contributed by atoms with van der Waals surface area (Å²) in [5, 5.41) is 8.34. The van der Waals surface area contributed by atoms with Crippen molar-refractivity contribution in [3.05, 3.63) is 16.6 Å². The first kappa shape index (κ1) is 9.15. The molecule has 0 saturated heterocycles. The van der Waals surface area contributed by atoms with Crippen LogP contribution in [0, 0.1) is 0 Å². The molecule has 4 nitrogen and oxygen atoms in total. The summed E-state index contributed by atoms with van der Waals surface area (Å²) in [7, 11) is 1.65. The maximum atomic E-state index is 5.31. The lowest BCUT2D eigenvalue weighted by Crippen LogP contribution is -1.95. The first-order valence-corrected chi connectivity index (χ1v) is 5.68. The number of aromatic nitrogens is 3. The molecule has 0 aliphatic heterocycles. The average Bonchev–Trinajstić information content (AvgIpc) is 2.99. The molecule has 0 atom stereocenters. The van der Waals surface area contributed by atoms with Crippen LogP contribution in [-0.2, 0) is 0 Å². The molecule has 0 spiro atoms. The molecule has 3 rings (SSSR count). The van der Waals surface area contributed by atoms with Gasteiger partial charge in [0.1, 0.15) is 0 Å². The third kappa shape index (κ3) is 1.33. The van der Waals surface area contributed by atoms with Gasteiger partial charge < -0.3 is 4.74 Å². The summed E-state index contributed by atoms with van der Waals surface area (Å²) in [4.78, 5) is 0. The zero-order chi connectivity index (χ0) is 10.4. The molecule has 0 N–H and O–H groups in total. The van der Waals surface area contributed by atoms with Crippen molar-refractivity contribution >= 4 is 27.0 Å². The molecule has 78 valence electrons. The van der Waals surface area contributed by atoms with Gasteiger partial charge in [-0.1, -0.05) is 5.21 Å². The number of methoxy groups -OCH3 is 1. The smallest absolute Gasteiger partial charge is 0.162 e. The van der Waals surface area contributed by atoms with Crippen LogP contribution in [0.25, 0.3) is 11.0 Å². The topological polar surface area (TPSA) is 39.9 Å². The van der Waals surface area contributed by atoms with E-state index in [0.29, 0.717) is 6.04 Å². The monoisotopic (exact) mass is 267 g/mol. The largest absolute Gasteiger partial charge is 0.493 e. The average molecular weight is 268 g/mol. The van der Waals surface area contributed by atoms with E-state index in [2.05, 4.69) is 26.2 Å². The highest BCUT2D eigenvalue weighted by molar-refractivity contribution is 9.10. The molecule has 0 unspecified atom stereocenters. The van der Waals surface area contributed by atoms with Crippen LogP contribution in [0.2, 0.25) is 0 Å². The van der Waals surface area contributed by atoms with Gasteiger partial charge in [-0.05, 0) is 40.9 Å². The quantitative estimate of drug-likeness (QED) is 0.840. The summed E-state index contributed by atoms with van der Waals surface area (Å²) in [6.45, 7) is 0. The Morgan fingerprint density at radius 2 is 2.27 bits per heavy atom. The zero-order valence-electron chi connectivity index (χ0n) is 8.27. The minimum absolute atomic E-state index is 0.542. The highest BCUT2D eigenvalue weighted by atomic mass is 79.9. The highest BCUT2D eigenvalue weighted by Crippen LogP contribution is 2.39. The minimum Gasteiger partial charge on any atom is -0.493 e. The molecule has 1 fully saturated rings. The normalized spacial score (nSPS) is 15.9. The van der Waals surface area contributed by atoms with Crippen LogP contribution >= 0.6 is 15.9 Å². The van der Waals surface area contributed by atoms with Gasteiger partial charge >= 0.3 is 0 Å². The van der Waals surface area contributed by atoms with Gasteiger partial charge in [-0.2, -0.15) is 0 Å². The Hall–Kier alpha value is -1.10. The van der Waals surface area contributed by atoms with Crippen LogP contribution < -0.4 is 4.74 Å². The Bertz CT molecular complexity index is 519. The number of benzene rings is 1. The van der Waals surface area contributed by atoms with Crippen LogP contribution in [0.5, 0.6) is 5.75 Å². The molecule has 1 aromatic carbocycles. The molecular weight excluding hydrogens is 258 g/mol. The van der Waals surface area contributed by atoms with E-state index in [1.54, 1.807) is 7.11 Å². The number of hydrogen-bond acceptors (Lipinski definition) is 3. The molecule has 1 aromatic heterocycles. The van der Waals surface area contributed by atoms with E-state index in [1.807, 2.05) is 16.8 Å². The molecular formula is C10H10BrN3O. The molecule has 5 heteroatoms. The van der Waals surface area contributed by atoms with Crippen molar-refractivity contribution < 1.29 is 4.74 Å². The summed E-state index contributed by atoms with van der Waals surface area (Å²) >= 11 is 3.44. The predicted molar refractivity (Wildman–Crippen MR) is 60.1 cm³/mol. The summed E-state index contributed by atoms with van der Waals surface area (Å²) in [6.07, 6.45) is 2.41.